The van der Waals surface area contributed by atoms with E-state index >= 15 is 0 Å². The standard InChI is InChI=1S/C18H27N3O3/c1-14-11-21(12-15(2)24-14)18(22)19-17-6-4-3-5-16(17)13-20-7-9-23-10-8-20/h3-6,14-15H,7-13H2,1-2H3,(H,19,22). The Labute approximate surface area is 143 Å². The van der Waals surface area contributed by atoms with E-state index in [-0.39, 0.29) is 18.2 Å². The molecular weight excluding hydrogens is 306 g/mol. The summed E-state index contributed by atoms with van der Waals surface area (Å²) in [7, 11) is 0. The molecule has 2 fully saturated rings. The summed E-state index contributed by atoms with van der Waals surface area (Å²) in [4.78, 5) is 16.8. The molecule has 2 aliphatic rings. The Morgan fingerprint density at radius 1 is 1.17 bits per heavy atom. The molecule has 1 aromatic rings. The number of hydrogen-bond donors (Lipinski definition) is 1. The number of rotatable bonds is 3. The van der Waals surface area contributed by atoms with Crippen molar-refractivity contribution in [1.82, 2.24) is 9.80 Å². The molecule has 0 aliphatic carbocycles. The summed E-state index contributed by atoms with van der Waals surface area (Å²) in [6, 6.07) is 7.98. The second kappa shape index (κ2) is 7.96. The minimum atomic E-state index is -0.0496. The highest BCUT2D eigenvalue weighted by atomic mass is 16.5. The monoisotopic (exact) mass is 333 g/mol. The van der Waals surface area contributed by atoms with Crippen LogP contribution in [0.15, 0.2) is 24.3 Å². The Morgan fingerprint density at radius 2 is 1.83 bits per heavy atom. The number of amides is 2. The van der Waals surface area contributed by atoms with Gasteiger partial charge in [0.1, 0.15) is 0 Å². The number of nitrogens with zero attached hydrogens (tertiary/aromatic N) is 2. The first-order valence-corrected chi connectivity index (χ1v) is 8.71. The van der Waals surface area contributed by atoms with Crippen molar-refractivity contribution in [3.05, 3.63) is 29.8 Å². The van der Waals surface area contributed by atoms with E-state index in [4.69, 9.17) is 9.47 Å². The summed E-state index contributed by atoms with van der Waals surface area (Å²) in [6.07, 6.45) is 0.145. The molecular formula is C18H27N3O3. The van der Waals surface area contributed by atoms with Gasteiger partial charge in [0.05, 0.1) is 25.4 Å². The van der Waals surface area contributed by atoms with Crippen molar-refractivity contribution in [2.24, 2.45) is 0 Å². The van der Waals surface area contributed by atoms with Gasteiger partial charge in [0.25, 0.3) is 0 Å². The Balaban J connectivity index is 1.64. The van der Waals surface area contributed by atoms with Gasteiger partial charge in [-0.15, -0.1) is 0 Å². The summed E-state index contributed by atoms with van der Waals surface area (Å²) in [5.74, 6) is 0. The van der Waals surface area contributed by atoms with E-state index in [1.54, 1.807) is 0 Å². The molecule has 24 heavy (non-hydrogen) atoms. The van der Waals surface area contributed by atoms with E-state index in [1.165, 1.54) is 0 Å². The second-order valence-corrected chi connectivity index (χ2v) is 6.64. The highest BCUT2D eigenvalue weighted by Crippen LogP contribution is 2.19. The predicted octanol–water partition coefficient (Wildman–Crippen LogP) is 2.16. The third-order valence-corrected chi connectivity index (χ3v) is 4.46. The van der Waals surface area contributed by atoms with Gasteiger partial charge in [-0.3, -0.25) is 4.90 Å². The number of carbonyl (C=O) groups is 1. The number of morpholine rings is 2. The maximum Gasteiger partial charge on any atom is 0.322 e. The number of ether oxygens (including phenoxy) is 2. The molecule has 2 amide bonds. The van der Waals surface area contributed by atoms with Gasteiger partial charge in [-0.1, -0.05) is 18.2 Å². The first kappa shape index (κ1) is 17.2. The number of nitrogens with one attached hydrogen (secondary N) is 1. The molecule has 0 bridgehead atoms. The summed E-state index contributed by atoms with van der Waals surface area (Å²) in [6.45, 7) is 9.50. The zero-order chi connectivity index (χ0) is 16.9. The first-order chi connectivity index (χ1) is 11.6. The fourth-order valence-electron chi connectivity index (χ4n) is 3.32. The van der Waals surface area contributed by atoms with E-state index in [9.17, 15) is 4.79 Å². The number of hydrogen-bond acceptors (Lipinski definition) is 4. The maximum absolute atomic E-state index is 12.6. The van der Waals surface area contributed by atoms with Crippen LogP contribution in [0.2, 0.25) is 0 Å². The fraction of sp³-hybridized carbons (Fsp3) is 0.611. The molecule has 2 saturated heterocycles. The van der Waals surface area contributed by atoms with Crippen LogP contribution in [0.25, 0.3) is 0 Å². The lowest BCUT2D eigenvalue weighted by Crippen LogP contribution is -2.49. The molecule has 6 heteroatoms. The van der Waals surface area contributed by atoms with Crippen LogP contribution in [0.4, 0.5) is 10.5 Å². The highest BCUT2D eigenvalue weighted by molar-refractivity contribution is 5.90. The average molecular weight is 333 g/mol. The molecule has 1 N–H and O–H groups in total. The molecule has 1 aromatic carbocycles. The van der Waals surface area contributed by atoms with Gasteiger partial charge < -0.3 is 19.7 Å². The third-order valence-electron chi connectivity index (χ3n) is 4.46. The van der Waals surface area contributed by atoms with Gasteiger partial charge >= 0.3 is 6.03 Å². The molecule has 0 saturated carbocycles. The van der Waals surface area contributed by atoms with Gasteiger partial charge in [0, 0.05) is 38.4 Å². The highest BCUT2D eigenvalue weighted by Gasteiger charge is 2.26. The summed E-state index contributed by atoms with van der Waals surface area (Å²) >= 11 is 0. The Kier molecular flexibility index (Phi) is 5.71. The van der Waals surface area contributed by atoms with Crippen molar-refractivity contribution in [2.75, 3.05) is 44.7 Å². The van der Waals surface area contributed by atoms with Crippen LogP contribution >= 0.6 is 0 Å². The lowest BCUT2D eigenvalue weighted by Gasteiger charge is -2.35. The lowest BCUT2D eigenvalue weighted by atomic mass is 10.1. The molecule has 132 valence electrons. The van der Waals surface area contributed by atoms with Gasteiger partial charge in [0.15, 0.2) is 0 Å². The third kappa shape index (κ3) is 4.47. The van der Waals surface area contributed by atoms with Crippen molar-refractivity contribution in [3.8, 4) is 0 Å². The smallest absolute Gasteiger partial charge is 0.322 e. The molecule has 6 nitrogen and oxygen atoms in total. The van der Waals surface area contributed by atoms with Gasteiger partial charge in [-0.05, 0) is 25.5 Å². The van der Waals surface area contributed by atoms with Crippen molar-refractivity contribution in [3.63, 3.8) is 0 Å². The summed E-state index contributed by atoms with van der Waals surface area (Å²) < 4.78 is 11.1. The van der Waals surface area contributed by atoms with Crippen molar-refractivity contribution in [1.29, 1.82) is 0 Å². The Hall–Kier alpha value is -1.63. The van der Waals surface area contributed by atoms with Crippen LogP contribution in [0.5, 0.6) is 0 Å². The zero-order valence-corrected chi connectivity index (χ0v) is 14.5. The number of anilines is 1. The molecule has 2 unspecified atom stereocenters. The van der Waals surface area contributed by atoms with Crippen molar-refractivity contribution < 1.29 is 14.3 Å². The minimum Gasteiger partial charge on any atom is -0.379 e. The summed E-state index contributed by atoms with van der Waals surface area (Å²) in [5, 5.41) is 3.08. The molecule has 2 atom stereocenters. The van der Waals surface area contributed by atoms with Gasteiger partial charge in [-0.2, -0.15) is 0 Å². The average Bonchev–Trinajstić information content (AvgIpc) is 2.56. The first-order valence-electron chi connectivity index (χ1n) is 8.71. The van der Waals surface area contributed by atoms with Gasteiger partial charge in [-0.25, -0.2) is 4.79 Å². The van der Waals surface area contributed by atoms with Crippen LogP contribution in [0, 0.1) is 0 Å². The second-order valence-electron chi connectivity index (χ2n) is 6.64. The molecule has 0 radical (unpaired) electrons. The largest absolute Gasteiger partial charge is 0.379 e. The lowest BCUT2D eigenvalue weighted by molar-refractivity contribution is -0.0530. The number of carbonyl (C=O) groups excluding carboxylic acids is 1. The molecule has 0 spiro atoms. The van der Waals surface area contributed by atoms with Crippen LogP contribution in [0.3, 0.4) is 0 Å². The van der Waals surface area contributed by atoms with Crippen molar-refractivity contribution in [2.45, 2.75) is 32.6 Å². The van der Waals surface area contributed by atoms with E-state index in [2.05, 4.69) is 16.3 Å². The Morgan fingerprint density at radius 3 is 2.54 bits per heavy atom. The topological polar surface area (TPSA) is 54.0 Å². The quantitative estimate of drug-likeness (QED) is 0.921. The number of para-hydroxylation sites is 1. The summed E-state index contributed by atoms with van der Waals surface area (Å²) in [5.41, 5.74) is 2.03. The van der Waals surface area contributed by atoms with E-state index in [0.717, 1.165) is 44.1 Å². The molecule has 3 rings (SSSR count). The molecule has 2 heterocycles. The minimum absolute atomic E-state index is 0.0496. The maximum atomic E-state index is 12.6. The number of benzene rings is 1. The SMILES string of the molecule is CC1CN(C(=O)Nc2ccccc2CN2CCOCC2)CC(C)O1. The zero-order valence-electron chi connectivity index (χ0n) is 14.5. The normalized spacial score (nSPS) is 25.5. The van der Waals surface area contributed by atoms with Crippen LogP contribution in [-0.4, -0.2) is 67.4 Å². The van der Waals surface area contributed by atoms with E-state index in [1.807, 2.05) is 36.9 Å². The van der Waals surface area contributed by atoms with Gasteiger partial charge in [0.2, 0.25) is 0 Å². The predicted molar refractivity (Wildman–Crippen MR) is 93.1 cm³/mol. The van der Waals surface area contributed by atoms with Crippen molar-refractivity contribution >= 4 is 11.7 Å². The number of urea groups is 1. The Bertz CT molecular complexity index is 550. The van der Waals surface area contributed by atoms with Crippen LogP contribution < -0.4 is 5.32 Å². The molecule has 2 aliphatic heterocycles. The van der Waals surface area contributed by atoms with E-state index in [0.29, 0.717) is 13.1 Å². The van der Waals surface area contributed by atoms with Crippen LogP contribution in [-0.2, 0) is 16.0 Å². The molecule has 0 aromatic heterocycles. The van der Waals surface area contributed by atoms with Crippen LogP contribution in [0.1, 0.15) is 19.4 Å². The van der Waals surface area contributed by atoms with E-state index < -0.39 is 0 Å². The fourth-order valence-corrected chi connectivity index (χ4v) is 3.32.